The van der Waals surface area contributed by atoms with Gasteiger partial charge in [0.15, 0.2) is 0 Å². The first-order valence-corrected chi connectivity index (χ1v) is 7.22. The van der Waals surface area contributed by atoms with Crippen LogP contribution in [-0.4, -0.2) is 9.55 Å². The molecule has 1 fully saturated rings. The van der Waals surface area contributed by atoms with E-state index in [-0.39, 0.29) is 0 Å². The molecule has 1 saturated carbocycles. The topological polar surface area (TPSA) is 43.8 Å². The molecule has 1 aromatic heterocycles. The second-order valence-corrected chi connectivity index (χ2v) is 5.30. The number of nitrogens with two attached hydrogens (primary N) is 1. The standard InChI is InChI=1S/C16H21N3/c1-2-19-15(17)14(12-8-6-7-9-12)18-16(19)13-10-4-3-5-11-13/h3-5,10-12H,2,6-9,17H2,1H3. The molecule has 2 N–H and O–H groups in total. The van der Waals surface area contributed by atoms with Crippen molar-refractivity contribution in [1.82, 2.24) is 9.55 Å². The summed E-state index contributed by atoms with van der Waals surface area (Å²) < 4.78 is 2.14. The van der Waals surface area contributed by atoms with Crippen molar-refractivity contribution < 1.29 is 0 Å². The van der Waals surface area contributed by atoms with Gasteiger partial charge in [-0.05, 0) is 19.8 Å². The Bertz CT molecular complexity index is 551. The van der Waals surface area contributed by atoms with Crippen LogP contribution in [0.2, 0.25) is 0 Å². The van der Waals surface area contributed by atoms with E-state index in [9.17, 15) is 0 Å². The SMILES string of the molecule is CCn1c(-c2ccccc2)nc(C2CCCC2)c1N. The van der Waals surface area contributed by atoms with Crippen LogP contribution in [-0.2, 0) is 6.54 Å². The highest BCUT2D eigenvalue weighted by Gasteiger charge is 2.25. The van der Waals surface area contributed by atoms with Crippen LogP contribution in [0.15, 0.2) is 30.3 Å². The first-order valence-electron chi connectivity index (χ1n) is 7.22. The summed E-state index contributed by atoms with van der Waals surface area (Å²) in [4.78, 5) is 4.87. The molecule has 0 spiro atoms. The normalized spacial score (nSPS) is 16.1. The minimum Gasteiger partial charge on any atom is -0.384 e. The number of nitrogen functional groups attached to an aromatic ring is 1. The lowest BCUT2D eigenvalue weighted by atomic mass is 10.0. The van der Waals surface area contributed by atoms with E-state index >= 15 is 0 Å². The Morgan fingerprint density at radius 2 is 1.89 bits per heavy atom. The molecule has 2 aromatic rings. The average Bonchev–Trinajstić information content (AvgIpc) is 3.07. The van der Waals surface area contributed by atoms with Gasteiger partial charge >= 0.3 is 0 Å². The lowest BCUT2D eigenvalue weighted by molar-refractivity contribution is 0.702. The van der Waals surface area contributed by atoms with E-state index in [0.29, 0.717) is 5.92 Å². The number of rotatable bonds is 3. The largest absolute Gasteiger partial charge is 0.384 e. The Hall–Kier alpha value is -1.77. The number of hydrogen-bond donors (Lipinski definition) is 1. The molecule has 1 aromatic carbocycles. The van der Waals surface area contributed by atoms with Gasteiger partial charge in [-0.3, -0.25) is 0 Å². The van der Waals surface area contributed by atoms with Gasteiger partial charge in [0.2, 0.25) is 0 Å². The molecule has 0 unspecified atom stereocenters. The number of hydrogen-bond acceptors (Lipinski definition) is 2. The van der Waals surface area contributed by atoms with Crippen molar-refractivity contribution in [2.45, 2.75) is 45.1 Å². The number of anilines is 1. The fraction of sp³-hybridized carbons (Fsp3) is 0.438. The molecule has 0 saturated heterocycles. The Balaban J connectivity index is 2.07. The van der Waals surface area contributed by atoms with Gasteiger partial charge in [0.05, 0.1) is 5.69 Å². The molecule has 1 aliphatic rings. The molecule has 1 heterocycles. The van der Waals surface area contributed by atoms with Gasteiger partial charge in [0.25, 0.3) is 0 Å². The van der Waals surface area contributed by atoms with Crippen molar-refractivity contribution in [3.8, 4) is 11.4 Å². The van der Waals surface area contributed by atoms with Gasteiger partial charge in [-0.25, -0.2) is 4.98 Å². The molecule has 3 nitrogen and oxygen atoms in total. The zero-order chi connectivity index (χ0) is 13.2. The first-order chi connectivity index (χ1) is 9.31. The molecule has 0 amide bonds. The molecule has 100 valence electrons. The number of aromatic nitrogens is 2. The van der Waals surface area contributed by atoms with E-state index in [0.717, 1.165) is 29.4 Å². The van der Waals surface area contributed by atoms with E-state index < -0.39 is 0 Å². The van der Waals surface area contributed by atoms with Gasteiger partial charge in [-0.15, -0.1) is 0 Å². The first kappa shape index (κ1) is 12.3. The molecular formula is C16H21N3. The molecule has 0 atom stereocenters. The van der Waals surface area contributed by atoms with Crippen molar-refractivity contribution in [2.75, 3.05) is 5.73 Å². The highest BCUT2D eigenvalue weighted by atomic mass is 15.1. The van der Waals surface area contributed by atoms with E-state index in [1.807, 2.05) is 6.07 Å². The molecule has 1 aliphatic carbocycles. The van der Waals surface area contributed by atoms with Crippen molar-refractivity contribution in [3.05, 3.63) is 36.0 Å². The molecule has 19 heavy (non-hydrogen) atoms. The third-order valence-corrected chi connectivity index (χ3v) is 4.13. The summed E-state index contributed by atoms with van der Waals surface area (Å²) in [5, 5.41) is 0. The quantitative estimate of drug-likeness (QED) is 0.906. The fourth-order valence-electron chi connectivity index (χ4n) is 3.11. The van der Waals surface area contributed by atoms with Crippen LogP contribution in [0, 0.1) is 0 Å². The van der Waals surface area contributed by atoms with Crippen LogP contribution in [0.3, 0.4) is 0 Å². The predicted molar refractivity (Wildman–Crippen MR) is 79.0 cm³/mol. The van der Waals surface area contributed by atoms with Gasteiger partial charge in [-0.1, -0.05) is 43.2 Å². The average molecular weight is 255 g/mol. The van der Waals surface area contributed by atoms with E-state index in [4.69, 9.17) is 10.7 Å². The second kappa shape index (κ2) is 5.08. The molecular weight excluding hydrogens is 234 g/mol. The molecule has 3 heteroatoms. The Morgan fingerprint density at radius 3 is 2.53 bits per heavy atom. The molecule has 0 aliphatic heterocycles. The lowest BCUT2D eigenvalue weighted by Crippen LogP contribution is -2.04. The van der Waals surface area contributed by atoms with Gasteiger partial charge in [-0.2, -0.15) is 0 Å². The summed E-state index contributed by atoms with van der Waals surface area (Å²) in [6.45, 7) is 3.00. The number of imidazole rings is 1. The highest BCUT2D eigenvalue weighted by Crippen LogP contribution is 2.38. The van der Waals surface area contributed by atoms with Crippen LogP contribution < -0.4 is 5.73 Å². The summed E-state index contributed by atoms with van der Waals surface area (Å²) >= 11 is 0. The fourth-order valence-corrected chi connectivity index (χ4v) is 3.11. The van der Waals surface area contributed by atoms with E-state index in [2.05, 4.69) is 35.8 Å². The zero-order valence-corrected chi connectivity index (χ0v) is 11.5. The Morgan fingerprint density at radius 1 is 1.21 bits per heavy atom. The third kappa shape index (κ3) is 2.14. The molecule has 0 bridgehead atoms. The van der Waals surface area contributed by atoms with Crippen LogP contribution in [0.5, 0.6) is 0 Å². The van der Waals surface area contributed by atoms with E-state index in [1.165, 1.54) is 25.7 Å². The smallest absolute Gasteiger partial charge is 0.141 e. The van der Waals surface area contributed by atoms with Crippen molar-refractivity contribution in [3.63, 3.8) is 0 Å². The molecule has 3 rings (SSSR count). The number of benzene rings is 1. The maximum Gasteiger partial charge on any atom is 0.141 e. The van der Waals surface area contributed by atoms with Crippen LogP contribution in [0.4, 0.5) is 5.82 Å². The van der Waals surface area contributed by atoms with Gasteiger partial charge in [0, 0.05) is 18.0 Å². The van der Waals surface area contributed by atoms with Crippen LogP contribution in [0.25, 0.3) is 11.4 Å². The minimum absolute atomic E-state index is 0.565. The monoisotopic (exact) mass is 255 g/mol. The summed E-state index contributed by atoms with van der Waals surface area (Å²) in [6, 6.07) is 10.3. The zero-order valence-electron chi connectivity index (χ0n) is 11.5. The van der Waals surface area contributed by atoms with Gasteiger partial charge in [0.1, 0.15) is 11.6 Å². The Labute approximate surface area is 114 Å². The van der Waals surface area contributed by atoms with Crippen molar-refractivity contribution in [2.24, 2.45) is 0 Å². The van der Waals surface area contributed by atoms with E-state index in [1.54, 1.807) is 0 Å². The Kier molecular flexibility index (Phi) is 3.28. The third-order valence-electron chi connectivity index (χ3n) is 4.13. The second-order valence-electron chi connectivity index (χ2n) is 5.30. The summed E-state index contributed by atoms with van der Waals surface area (Å²) in [5.74, 6) is 2.45. The highest BCUT2D eigenvalue weighted by molar-refractivity contribution is 5.61. The van der Waals surface area contributed by atoms with Crippen molar-refractivity contribution in [1.29, 1.82) is 0 Å². The summed E-state index contributed by atoms with van der Waals surface area (Å²) in [7, 11) is 0. The predicted octanol–water partition coefficient (Wildman–Crippen LogP) is 3.81. The maximum absolute atomic E-state index is 6.33. The van der Waals surface area contributed by atoms with Gasteiger partial charge < -0.3 is 10.3 Å². The van der Waals surface area contributed by atoms with Crippen LogP contribution in [0.1, 0.15) is 44.2 Å². The number of nitrogens with zero attached hydrogens (tertiary/aromatic N) is 2. The summed E-state index contributed by atoms with van der Waals surface area (Å²) in [5.41, 5.74) is 8.61. The lowest BCUT2D eigenvalue weighted by Gasteiger charge is -2.08. The van der Waals surface area contributed by atoms with Crippen molar-refractivity contribution >= 4 is 5.82 Å². The summed E-state index contributed by atoms with van der Waals surface area (Å²) in [6.07, 6.45) is 5.09. The minimum atomic E-state index is 0.565. The molecule has 0 radical (unpaired) electrons. The maximum atomic E-state index is 6.33. The van der Waals surface area contributed by atoms with Crippen LogP contribution >= 0.6 is 0 Å².